The van der Waals surface area contributed by atoms with Crippen LogP contribution < -0.4 is 9.64 Å². The van der Waals surface area contributed by atoms with Gasteiger partial charge < -0.3 is 24.3 Å². The van der Waals surface area contributed by atoms with E-state index in [0.717, 1.165) is 0 Å². The molecular formula is C28H32ClF2N5O3. The van der Waals surface area contributed by atoms with Crippen LogP contribution in [0.25, 0.3) is 11.3 Å². The van der Waals surface area contributed by atoms with Gasteiger partial charge in [-0.25, -0.2) is 13.8 Å². The number of pyridine rings is 1. The summed E-state index contributed by atoms with van der Waals surface area (Å²) in [5.41, 5.74) is -0.674. The molecule has 208 valence electrons. The lowest BCUT2D eigenvalue weighted by Crippen LogP contribution is -2.57. The van der Waals surface area contributed by atoms with Crippen LogP contribution in [0.1, 0.15) is 24.2 Å². The lowest BCUT2D eigenvalue weighted by molar-refractivity contribution is -0.128. The zero-order valence-electron chi connectivity index (χ0n) is 22.5. The maximum Gasteiger partial charge on any atom is 0.261 e. The normalized spacial score (nSPS) is 24.3. The molecule has 3 aliphatic heterocycles. The lowest BCUT2D eigenvalue weighted by atomic mass is 9.96. The molecule has 4 heterocycles. The molecule has 3 atom stereocenters. The number of halogens is 3. The molecule has 2 saturated heterocycles. The number of aromatic nitrogens is 1. The van der Waals surface area contributed by atoms with Crippen LogP contribution in [-0.4, -0.2) is 102 Å². The zero-order valence-corrected chi connectivity index (χ0v) is 23.2. The molecule has 2 aromatic rings. The van der Waals surface area contributed by atoms with Crippen LogP contribution in [-0.2, 0) is 4.79 Å². The minimum Gasteiger partial charge on any atom is -0.489 e. The summed E-state index contributed by atoms with van der Waals surface area (Å²) in [6, 6.07) is 5.17. The van der Waals surface area contributed by atoms with Gasteiger partial charge in [0.15, 0.2) is 5.75 Å². The third-order valence-corrected chi connectivity index (χ3v) is 8.42. The highest BCUT2D eigenvalue weighted by Gasteiger charge is 2.52. The molecule has 3 aliphatic rings. The number of benzene rings is 1. The predicted molar refractivity (Wildman–Crippen MR) is 146 cm³/mol. The Hall–Kier alpha value is -3.24. The van der Waals surface area contributed by atoms with E-state index in [1.54, 1.807) is 60.8 Å². The quantitative estimate of drug-likeness (QED) is 0.533. The summed E-state index contributed by atoms with van der Waals surface area (Å²) in [6.07, 6.45) is -0.0200. The van der Waals surface area contributed by atoms with E-state index in [2.05, 4.69) is 6.58 Å². The first kappa shape index (κ1) is 27.3. The molecular weight excluding hydrogens is 528 g/mol. The Morgan fingerprint density at radius 3 is 2.62 bits per heavy atom. The molecule has 11 heteroatoms. The number of nitrogens with zero attached hydrogens (tertiary/aromatic N) is 5. The molecule has 0 N–H and O–H groups in total. The number of carbonyl (C=O) groups excluding carboxylic acids is 2. The summed E-state index contributed by atoms with van der Waals surface area (Å²) in [5.74, 6) is -0.861. The maximum absolute atomic E-state index is 15.8. The summed E-state index contributed by atoms with van der Waals surface area (Å²) >= 11 is 6.82. The Balaban J connectivity index is 1.69. The van der Waals surface area contributed by atoms with Gasteiger partial charge in [-0.3, -0.25) is 9.59 Å². The van der Waals surface area contributed by atoms with E-state index in [-0.39, 0.29) is 71.5 Å². The highest BCUT2D eigenvalue weighted by atomic mass is 35.5. The van der Waals surface area contributed by atoms with Crippen molar-refractivity contribution in [3.05, 3.63) is 53.3 Å². The maximum atomic E-state index is 15.8. The van der Waals surface area contributed by atoms with Gasteiger partial charge in [-0.2, -0.15) is 0 Å². The van der Waals surface area contributed by atoms with E-state index in [1.807, 2.05) is 4.90 Å². The van der Waals surface area contributed by atoms with Gasteiger partial charge in [0.1, 0.15) is 35.0 Å². The van der Waals surface area contributed by atoms with Crippen molar-refractivity contribution < 1.29 is 23.1 Å². The predicted octanol–water partition coefficient (Wildman–Crippen LogP) is 3.64. The first-order valence-corrected chi connectivity index (χ1v) is 13.3. The van der Waals surface area contributed by atoms with Gasteiger partial charge in [-0.05, 0) is 46.2 Å². The zero-order chi connectivity index (χ0) is 28.2. The van der Waals surface area contributed by atoms with Gasteiger partial charge in [-0.15, -0.1) is 0 Å². The van der Waals surface area contributed by atoms with Gasteiger partial charge in [-0.1, -0.05) is 30.3 Å². The van der Waals surface area contributed by atoms with Crippen molar-refractivity contribution in [2.75, 3.05) is 51.8 Å². The minimum atomic E-state index is -1.26. The van der Waals surface area contributed by atoms with Crippen LogP contribution >= 0.6 is 11.6 Å². The third-order valence-electron chi connectivity index (χ3n) is 8.07. The summed E-state index contributed by atoms with van der Waals surface area (Å²) in [5, 5.41) is 0.00373. The molecule has 0 aliphatic carbocycles. The number of amides is 2. The lowest BCUT2D eigenvalue weighted by Gasteiger charge is -2.40. The summed E-state index contributed by atoms with van der Waals surface area (Å²) in [7, 11) is 3.61. The average molecular weight is 560 g/mol. The molecule has 0 saturated carbocycles. The fraction of sp³-hybridized carbons (Fsp3) is 0.464. The number of piperazine rings is 1. The van der Waals surface area contributed by atoms with Crippen molar-refractivity contribution in [2.45, 2.75) is 37.6 Å². The van der Waals surface area contributed by atoms with E-state index >= 15 is 4.39 Å². The van der Waals surface area contributed by atoms with E-state index < -0.39 is 29.6 Å². The molecule has 0 bridgehead atoms. The van der Waals surface area contributed by atoms with Crippen LogP contribution in [0.4, 0.5) is 14.6 Å². The Kier molecular flexibility index (Phi) is 7.05. The van der Waals surface area contributed by atoms with Gasteiger partial charge >= 0.3 is 0 Å². The van der Waals surface area contributed by atoms with Crippen molar-refractivity contribution in [1.29, 1.82) is 0 Å². The fourth-order valence-electron chi connectivity index (χ4n) is 5.72. The number of anilines is 1. The molecule has 2 amide bonds. The largest absolute Gasteiger partial charge is 0.489 e. The Morgan fingerprint density at radius 2 is 1.97 bits per heavy atom. The van der Waals surface area contributed by atoms with Crippen molar-refractivity contribution in [3.63, 3.8) is 0 Å². The van der Waals surface area contributed by atoms with Crippen LogP contribution in [0.3, 0.4) is 0 Å². The van der Waals surface area contributed by atoms with Crippen molar-refractivity contribution in [1.82, 2.24) is 19.7 Å². The van der Waals surface area contributed by atoms with Gasteiger partial charge in [0, 0.05) is 31.7 Å². The molecule has 39 heavy (non-hydrogen) atoms. The summed E-state index contributed by atoms with van der Waals surface area (Å²) in [4.78, 5) is 38.1. The van der Waals surface area contributed by atoms with Crippen LogP contribution in [0.2, 0.25) is 5.02 Å². The molecule has 1 aromatic heterocycles. The Labute approximate surface area is 231 Å². The SMILES string of the molecule is C=CC(=O)N1CCN2C(=O)c3c(N4C[C@@H](N(C)C)C(F)C4(C)C)nc(-c4ccccc4F)c(Cl)c3OC[C@H]2C1. The molecule has 0 radical (unpaired) electrons. The topological polar surface area (TPSA) is 69.2 Å². The van der Waals surface area contributed by atoms with Gasteiger partial charge in [0.25, 0.3) is 5.91 Å². The number of carbonyl (C=O) groups is 2. The van der Waals surface area contributed by atoms with E-state index in [4.69, 9.17) is 21.3 Å². The highest BCUT2D eigenvalue weighted by molar-refractivity contribution is 6.35. The average Bonchev–Trinajstić information content (AvgIpc) is 3.05. The second-order valence-corrected chi connectivity index (χ2v) is 11.3. The number of rotatable bonds is 4. The monoisotopic (exact) mass is 559 g/mol. The standard InChI is InChI=1S/C28H32ClF2N5O3/c1-6-20(37)34-11-12-35-16(13-34)15-39-24-21(27(35)38)26(36-14-19(33(4)5)25(31)28(36,2)3)32-23(22(24)29)17-9-7-8-10-18(17)30/h6-10,16,19,25H,1,11-15H2,2-5H3/t16-,19-,25?/m1/s1. The number of hydrogen-bond acceptors (Lipinski definition) is 6. The molecule has 5 rings (SSSR count). The first-order chi connectivity index (χ1) is 18.5. The molecule has 8 nitrogen and oxygen atoms in total. The van der Waals surface area contributed by atoms with Crippen LogP contribution in [0.15, 0.2) is 36.9 Å². The number of fused-ring (bicyclic) bond motifs is 2. The number of hydrogen-bond donors (Lipinski definition) is 0. The van der Waals surface area contributed by atoms with Crippen LogP contribution in [0.5, 0.6) is 5.75 Å². The molecule has 1 aromatic carbocycles. The van der Waals surface area contributed by atoms with Crippen molar-refractivity contribution in [2.24, 2.45) is 0 Å². The fourth-order valence-corrected chi connectivity index (χ4v) is 6.01. The number of ether oxygens (including phenoxy) is 1. The molecule has 1 unspecified atom stereocenters. The first-order valence-electron chi connectivity index (χ1n) is 12.9. The van der Waals surface area contributed by atoms with Gasteiger partial charge in [0.2, 0.25) is 5.91 Å². The summed E-state index contributed by atoms with van der Waals surface area (Å²) < 4.78 is 37.0. The van der Waals surface area contributed by atoms with Crippen LogP contribution in [0, 0.1) is 5.82 Å². The second-order valence-electron chi connectivity index (χ2n) is 10.9. The molecule has 2 fully saturated rings. The summed E-state index contributed by atoms with van der Waals surface area (Å²) in [6.45, 7) is 8.25. The Bertz CT molecular complexity index is 1340. The smallest absolute Gasteiger partial charge is 0.261 e. The number of likely N-dealkylation sites (N-methyl/N-ethyl adjacent to an activating group) is 1. The minimum absolute atomic E-state index is 0.00373. The van der Waals surface area contributed by atoms with E-state index in [1.165, 1.54) is 12.1 Å². The second kappa shape index (κ2) is 10.1. The van der Waals surface area contributed by atoms with E-state index in [0.29, 0.717) is 6.54 Å². The third kappa shape index (κ3) is 4.43. The van der Waals surface area contributed by atoms with Crippen molar-refractivity contribution in [3.8, 4) is 17.0 Å². The van der Waals surface area contributed by atoms with E-state index in [9.17, 15) is 14.0 Å². The van der Waals surface area contributed by atoms with Crippen molar-refractivity contribution >= 4 is 29.2 Å². The highest BCUT2D eigenvalue weighted by Crippen LogP contribution is 2.47. The number of alkyl halides is 1. The van der Waals surface area contributed by atoms with Gasteiger partial charge in [0.05, 0.1) is 23.3 Å². The Morgan fingerprint density at radius 1 is 1.26 bits per heavy atom. The molecule has 0 spiro atoms.